The molecule has 0 aliphatic heterocycles. The lowest BCUT2D eigenvalue weighted by Gasteiger charge is -2.11. The van der Waals surface area contributed by atoms with Gasteiger partial charge >= 0.3 is 0 Å². The topological polar surface area (TPSA) is 29.5 Å². The smallest absolute Gasteiger partial charge is 0.259 e. The molecule has 0 saturated carbocycles. The third kappa shape index (κ3) is 3.30. The number of ether oxygens (including phenoxy) is 1. The molecule has 0 radical (unpaired) electrons. The molecule has 1 aromatic rings. The normalized spacial score (nSPS) is 9.64. The van der Waals surface area contributed by atoms with Gasteiger partial charge in [-0.3, -0.25) is 4.79 Å². The summed E-state index contributed by atoms with van der Waals surface area (Å²) >= 11 is 4.14. The lowest BCUT2D eigenvalue weighted by atomic mass is 10.3. The Hall–Kier alpha value is -1.16. The molecule has 14 heavy (non-hydrogen) atoms. The zero-order valence-electron chi connectivity index (χ0n) is 8.23. The van der Waals surface area contributed by atoms with E-state index >= 15 is 0 Å². The maximum atomic E-state index is 11.2. The Labute approximate surface area is 89.1 Å². The summed E-state index contributed by atoms with van der Waals surface area (Å²) in [4.78, 5) is 13.5. The summed E-state index contributed by atoms with van der Waals surface area (Å²) in [6, 6.07) is 7.20. The van der Waals surface area contributed by atoms with Gasteiger partial charge in [-0.2, -0.15) is 0 Å². The Morgan fingerprint density at radius 1 is 1.36 bits per heavy atom. The van der Waals surface area contributed by atoms with Crippen LogP contribution in [0.15, 0.2) is 29.2 Å². The summed E-state index contributed by atoms with van der Waals surface area (Å²) in [5.74, 6) is 0.623. The standard InChI is InChI=1S/C10H13NO2S/c1-11(2)10(12)7-13-8-3-5-9(14)6-4-8/h3-6,14H,7H2,1-2H3. The van der Waals surface area contributed by atoms with Gasteiger partial charge in [0, 0.05) is 19.0 Å². The van der Waals surface area contributed by atoms with Crippen LogP contribution >= 0.6 is 12.6 Å². The monoisotopic (exact) mass is 211 g/mol. The van der Waals surface area contributed by atoms with Gasteiger partial charge in [0.1, 0.15) is 5.75 Å². The van der Waals surface area contributed by atoms with Gasteiger partial charge in [0.2, 0.25) is 0 Å². The zero-order valence-corrected chi connectivity index (χ0v) is 9.12. The van der Waals surface area contributed by atoms with E-state index in [4.69, 9.17) is 4.74 Å². The van der Waals surface area contributed by atoms with Gasteiger partial charge in [0.05, 0.1) is 0 Å². The van der Waals surface area contributed by atoms with E-state index in [1.807, 2.05) is 12.1 Å². The van der Waals surface area contributed by atoms with Gasteiger partial charge in [0.25, 0.3) is 5.91 Å². The second-order valence-electron chi connectivity index (χ2n) is 3.07. The van der Waals surface area contributed by atoms with E-state index in [1.54, 1.807) is 26.2 Å². The molecule has 0 unspecified atom stereocenters. The highest BCUT2D eigenvalue weighted by Gasteiger charge is 2.04. The molecular formula is C10H13NO2S. The Morgan fingerprint density at radius 2 is 1.93 bits per heavy atom. The van der Waals surface area contributed by atoms with Crippen molar-refractivity contribution in [2.45, 2.75) is 4.90 Å². The quantitative estimate of drug-likeness (QED) is 0.767. The number of carbonyl (C=O) groups is 1. The van der Waals surface area contributed by atoms with E-state index in [0.717, 1.165) is 4.90 Å². The highest BCUT2D eigenvalue weighted by Crippen LogP contribution is 2.13. The number of amides is 1. The van der Waals surface area contributed by atoms with Crippen molar-refractivity contribution >= 4 is 18.5 Å². The van der Waals surface area contributed by atoms with Crippen LogP contribution in [0.1, 0.15) is 0 Å². The van der Waals surface area contributed by atoms with Crippen molar-refractivity contribution in [3.05, 3.63) is 24.3 Å². The fourth-order valence-electron chi connectivity index (χ4n) is 0.817. The molecule has 1 rings (SSSR count). The Kier molecular flexibility index (Phi) is 3.83. The average molecular weight is 211 g/mol. The van der Waals surface area contributed by atoms with Crippen molar-refractivity contribution < 1.29 is 9.53 Å². The number of hydrogen-bond donors (Lipinski definition) is 1. The second-order valence-corrected chi connectivity index (χ2v) is 3.59. The molecule has 0 atom stereocenters. The zero-order chi connectivity index (χ0) is 10.6. The molecule has 76 valence electrons. The first kappa shape index (κ1) is 10.9. The summed E-state index contributed by atoms with van der Waals surface area (Å²) in [6.07, 6.45) is 0. The summed E-state index contributed by atoms with van der Waals surface area (Å²) < 4.78 is 5.26. The van der Waals surface area contributed by atoms with Crippen LogP contribution in [-0.2, 0) is 4.79 Å². The van der Waals surface area contributed by atoms with E-state index in [9.17, 15) is 4.79 Å². The van der Waals surface area contributed by atoms with Crippen molar-refractivity contribution in [2.75, 3.05) is 20.7 Å². The fourth-order valence-corrected chi connectivity index (χ4v) is 0.966. The molecule has 0 N–H and O–H groups in total. The van der Waals surface area contributed by atoms with Crippen molar-refractivity contribution in [1.29, 1.82) is 0 Å². The van der Waals surface area contributed by atoms with Crippen LogP contribution in [0.3, 0.4) is 0 Å². The molecule has 0 spiro atoms. The Balaban J connectivity index is 2.46. The number of thiol groups is 1. The van der Waals surface area contributed by atoms with E-state index in [2.05, 4.69) is 12.6 Å². The maximum absolute atomic E-state index is 11.2. The lowest BCUT2D eigenvalue weighted by Crippen LogP contribution is -2.27. The molecule has 0 heterocycles. The first-order valence-electron chi connectivity index (χ1n) is 4.21. The number of carbonyl (C=O) groups excluding carboxylic acids is 1. The molecule has 0 aliphatic rings. The second kappa shape index (κ2) is 4.91. The molecule has 1 aromatic carbocycles. The molecule has 1 amide bonds. The maximum Gasteiger partial charge on any atom is 0.259 e. The number of rotatable bonds is 3. The van der Waals surface area contributed by atoms with Gasteiger partial charge < -0.3 is 9.64 Å². The van der Waals surface area contributed by atoms with E-state index in [-0.39, 0.29) is 12.5 Å². The Bertz CT molecular complexity index is 308. The highest BCUT2D eigenvalue weighted by molar-refractivity contribution is 7.80. The van der Waals surface area contributed by atoms with Crippen LogP contribution < -0.4 is 4.74 Å². The third-order valence-electron chi connectivity index (χ3n) is 1.70. The van der Waals surface area contributed by atoms with Gasteiger partial charge in [-0.15, -0.1) is 12.6 Å². The molecule has 0 bridgehead atoms. The molecular weight excluding hydrogens is 198 g/mol. The number of likely N-dealkylation sites (N-methyl/N-ethyl adjacent to an activating group) is 1. The van der Waals surface area contributed by atoms with Crippen LogP contribution in [0.4, 0.5) is 0 Å². The SMILES string of the molecule is CN(C)C(=O)COc1ccc(S)cc1. The predicted octanol–water partition coefficient (Wildman–Crippen LogP) is 1.44. The molecule has 0 aliphatic carbocycles. The number of nitrogens with zero attached hydrogens (tertiary/aromatic N) is 1. The van der Waals surface area contributed by atoms with Crippen LogP contribution in [0.25, 0.3) is 0 Å². The van der Waals surface area contributed by atoms with Crippen molar-refractivity contribution in [2.24, 2.45) is 0 Å². The molecule has 0 fully saturated rings. The van der Waals surface area contributed by atoms with Crippen LogP contribution in [0, 0.1) is 0 Å². The van der Waals surface area contributed by atoms with Crippen LogP contribution in [0.2, 0.25) is 0 Å². The first-order valence-corrected chi connectivity index (χ1v) is 4.66. The van der Waals surface area contributed by atoms with Gasteiger partial charge in [0.15, 0.2) is 6.61 Å². The van der Waals surface area contributed by atoms with Crippen molar-refractivity contribution in [1.82, 2.24) is 4.90 Å². The van der Waals surface area contributed by atoms with Gasteiger partial charge in [-0.1, -0.05) is 0 Å². The summed E-state index contributed by atoms with van der Waals surface area (Å²) in [6.45, 7) is 0.0684. The molecule has 0 aromatic heterocycles. The molecule has 0 saturated heterocycles. The minimum Gasteiger partial charge on any atom is -0.484 e. The average Bonchev–Trinajstić information content (AvgIpc) is 2.16. The predicted molar refractivity (Wildman–Crippen MR) is 57.9 cm³/mol. The van der Waals surface area contributed by atoms with Gasteiger partial charge in [-0.05, 0) is 24.3 Å². The molecule has 4 heteroatoms. The van der Waals surface area contributed by atoms with E-state index < -0.39 is 0 Å². The van der Waals surface area contributed by atoms with Crippen LogP contribution in [-0.4, -0.2) is 31.5 Å². The van der Waals surface area contributed by atoms with Crippen molar-refractivity contribution in [3.8, 4) is 5.75 Å². The third-order valence-corrected chi connectivity index (χ3v) is 2.00. The minimum absolute atomic E-state index is 0.0556. The highest BCUT2D eigenvalue weighted by atomic mass is 32.1. The summed E-state index contributed by atoms with van der Waals surface area (Å²) in [7, 11) is 3.39. The summed E-state index contributed by atoms with van der Waals surface area (Å²) in [5.41, 5.74) is 0. The lowest BCUT2D eigenvalue weighted by molar-refractivity contribution is -0.130. The number of hydrogen-bond acceptors (Lipinski definition) is 3. The van der Waals surface area contributed by atoms with Crippen LogP contribution in [0.5, 0.6) is 5.75 Å². The number of benzene rings is 1. The van der Waals surface area contributed by atoms with Gasteiger partial charge in [-0.25, -0.2) is 0 Å². The first-order chi connectivity index (χ1) is 6.59. The molecule has 3 nitrogen and oxygen atoms in total. The largest absolute Gasteiger partial charge is 0.484 e. The minimum atomic E-state index is -0.0556. The van der Waals surface area contributed by atoms with Crippen molar-refractivity contribution in [3.63, 3.8) is 0 Å². The van der Waals surface area contributed by atoms with E-state index in [0.29, 0.717) is 5.75 Å². The fraction of sp³-hybridized carbons (Fsp3) is 0.300. The van der Waals surface area contributed by atoms with E-state index in [1.165, 1.54) is 4.90 Å². The Morgan fingerprint density at radius 3 is 2.43 bits per heavy atom. The summed E-state index contributed by atoms with van der Waals surface area (Å²) in [5, 5.41) is 0.